The van der Waals surface area contributed by atoms with E-state index in [4.69, 9.17) is 11.6 Å². The van der Waals surface area contributed by atoms with Crippen molar-refractivity contribution in [1.29, 1.82) is 0 Å². The fourth-order valence-corrected chi connectivity index (χ4v) is 3.40. The monoisotopic (exact) mass is 370 g/mol. The van der Waals surface area contributed by atoms with Crippen LogP contribution in [0.15, 0.2) is 47.4 Å². The smallest absolute Gasteiger partial charge is 0.263 e. The molecular formula is C16H16ClFN2O3S. The Morgan fingerprint density at radius 3 is 2.21 bits per heavy atom. The predicted octanol–water partition coefficient (Wildman–Crippen LogP) is 3.87. The van der Waals surface area contributed by atoms with Gasteiger partial charge in [-0.15, -0.1) is 0 Å². The maximum atomic E-state index is 13.0. The van der Waals surface area contributed by atoms with Crippen molar-refractivity contribution in [3.63, 3.8) is 0 Å². The normalized spacial score (nSPS) is 11.4. The Balaban J connectivity index is 2.17. The molecule has 0 atom stereocenters. The van der Waals surface area contributed by atoms with E-state index in [9.17, 15) is 17.6 Å². The summed E-state index contributed by atoms with van der Waals surface area (Å²) in [5.41, 5.74) is 0.842. The van der Waals surface area contributed by atoms with Gasteiger partial charge in [0.05, 0.1) is 5.02 Å². The third-order valence-electron chi connectivity index (χ3n) is 3.11. The van der Waals surface area contributed by atoms with E-state index in [2.05, 4.69) is 10.0 Å². The molecule has 2 aromatic rings. The van der Waals surface area contributed by atoms with Gasteiger partial charge in [0.1, 0.15) is 10.7 Å². The Kier molecular flexibility index (Phi) is 5.46. The molecule has 0 bridgehead atoms. The minimum absolute atomic E-state index is 0.138. The molecule has 0 aliphatic carbocycles. The van der Waals surface area contributed by atoms with E-state index in [0.717, 1.165) is 18.2 Å². The van der Waals surface area contributed by atoms with Crippen LogP contribution in [0.3, 0.4) is 0 Å². The van der Waals surface area contributed by atoms with E-state index in [1.165, 1.54) is 12.1 Å². The molecule has 0 aliphatic rings. The fraction of sp³-hybridized carbons (Fsp3) is 0.188. The molecule has 2 rings (SSSR count). The van der Waals surface area contributed by atoms with Crippen molar-refractivity contribution in [3.8, 4) is 0 Å². The van der Waals surface area contributed by atoms with Gasteiger partial charge in [-0.1, -0.05) is 25.4 Å². The number of rotatable bonds is 5. The molecule has 128 valence electrons. The largest absolute Gasteiger partial charge is 0.326 e. The number of hydrogen-bond donors (Lipinski definition) is 2. The number of benzene rings is 2. The quantitative estimate of drug-likeness (QED) is 0.838. The van der Waals surface area contributed by atoms with Gasteiger partial charge in [0.15, 0.2) is 0 Å². The summed E-state index contributed by atoms with van der Waals surface area (Å²) < 4.78 is 40.0. The van der Waals surface area contributed by atoms with Crippen LogP contribution in [0.4, 0.5) is 15.8 Å². The van der Waals surface area contributed by atoms with Gasteiger partial charge in [0.25, 0.3) is 10.0 Å². The van der Waals surface area contributed by atoms with Crippen molar-refractivity contribution in [2.45, 2.75) is 18.7 Å². The summed E-state index contributed by atoms with van der Waals surface area (Å²) in [6.07, 6.45) is 0. The van der Waals surface area contributed by atoms with Gasteiger partial charge in [-0.2, -0.15) is 0 Å². The number of hydrogen-bond acceptors (Lipinski definition) is 3. The first kappa shape index (κ1) is 18.2. The van der Waals surface area contributed by atoms with E-state index < -0.39 is 15.8 Å². The summed E-state index contributed by atoms with van der Waals surface area (Å²) in [6, 6.07) is 9.20. The number of anilines is 2. The number of nitrogens with one attached hydrogen (secondary N) is 2. The van der Waals surface area contributed by atoms with E-state index in [1.807, 2.05) is 0 Å². The maximum absolute atomic E-state index is 13.0. The van der Waals surface area contributed by atoms with Gasteiger partial charge in [-0.3, -0.25) is 9.52 Å². The molecule has 8 heteroatoms. The number of carbonyl (C=O) groups is 1. The first-order valence-corrected chi connectivity index (χ1v) is 8.94. The molecule has 0 radical (unpaired) electrons. The lowest BCUT2D eigenvalue weighted by Gasteiger charge is -2.11. The SMILES string of the molecule is CC(C)C(=O)Nc1ccc(NS(=O)(=O)c2ccc(F)cc2Cl)cc1. The molecule has 0 spiro atoms. The van der Waals surface area contributed by atoms with Crippen molar-refractivity contribution < 1.29 is 17.6 Å². The molecule has 24 heavy (non-hydrogen) atoms. The Labute approximate surface area is 144 Å². The fourth-order valence-electron chi connectivity index (χ4n) is 1.81. The maximum Gasteiger partial charge on any atom is 0.263 e. The highest BCUT2D eigenvalue weighted by Gasteiger charge is 2.18. The molecule has 0 aromatic heterocycles. The van der Waals surface area contributed by atoms with Gasteiger partial charge < -0.3 is 5.32 Å². The Morgan fingerprint density at radius 1 is 1.08 bits per heavy atom. The molecule has 0 heterocycles. The molecule has 0 fully saturated rings. The standard InChI is InChI=1S/C16H16ClFN2O3S/c1-10(2)16(21)19-12-4-6-13(7-5-12)20-24(22,23)15-8-3-11(18)9-14(15)17/h3-10,20H,1-2H3,(H,19,21). The zero-order chi connectivity index (χ0) is 17.9. The van der Waals surface area contributed by atoms with Crippen LogP contribution in [0.5, 0.6) is 0 Å². The van der Waals surface area contributed by atoms with E-state index in [0.29, 0.717) is 5.69 Å². The lowest BCUT2D eigenvalue weighted by Crippen LogP contribution is -2.17. The second-order valence-corrected chi connectivity index (χ2v) is 7.46. The van der Waals surface area contributed by atoms with Crippen LogP contribution in [0.2, 0.25) is 5.02 Å². The Bertz CT molecular complexity index is 852. The van der Waals surface area contributed by atoms with Gasteiger partial charge in [-0.05, 0) is 42.5 Å². The van der Waals surface area contributed by atoms with Crippen molar-refractivity contribution in [2.75, 3.05) is 10.0 Å². The second-order valence-electron chi connectivity index (χ2n) is 5.40. The van der Waals surface area contributed by atoms with E-state index in [1.54, 1.807) is 26.0 Å². The zero-order valence-electron chi connectivity index (χ0n) is 13.0. The molecule has 0 saturated heterocycles. The molecule has 2 aromatic carbocycles. The molecule has 0 unspecified atom stereocenters. The van der Waals surface area contributed by atoms with Gasteiger partial charge >= 0.3 is 0 Å². The average Bonchev–Trinajstić information content (AvgIpc) is 2.48. The van der Waals surface area contributed by atoms with Crippen LogP contribution >= 0.6 is 11.6 Å². The number of carbonyl (C=O) groups excluding carboxylic acids is 1. The third-order valence-corrected chi connectivity index (χ3v) is 4.98. The molecule has 5 nitrogen and oxygen atoms in total. The van der Waals surface area contributed by atoms with Crippen molar-refractivity contribution in [2.24, 2.45) is 5.92 Å². The molecule has 0 saturated carbocycles. The Hall–Kier alpha value is -2.12. The van der Waals surface area contributed by atoms with E-state index in [-0.39, 0.29) is 27.4 Å². The van der Waals surface area contributed by atoms with Crippen LogP contribution in [0.1, 0.15) is 13.8 Å². The van der Waals surface area contributed by atoms with Crippen molar-refractivity contribution in [1.82, 2.24) is 0 Å². The number of amides is 1. The van der Waals surface area contributed by atoms with Crippen LogP contribution in [-0.4, -0.2) is 14.3 Å². The second kappa shape index (κ2) is 7.19. The van der Waals surface area contributed by atoms with Crippen molar-refractivity contribution in [3.05, 3.63) is 53.3 Å². The number of sulfonamides is 1. The van der Waals surface area contributed by atoms with Crippen LogP contribution in [0, 0.1) is 11.7 Å². The predicted molar refractivity (Wildman–Crippen MR) is 92.1 cm³/mol. The zero-order valence-corrected chi connectivity index (χ0v) is 14.6. The highest BCUT2D eigenvalue weighted by Crippen LogP contribution is 2.25. The van der Waals surface area contributed by atoms with Gasteiger partial charge in [0, 0.05) is 17.3 Å². The van der Waals surface area contributed by atoms with Crippen LogP contribution < -0.4 is 10.0 Å². The van der Waals surface area contributed by atoms with Gasteiger partial charge in [0.2, 0.25) is 5.91 Å². The minimum Gasteiger partial charge on any atom is -0.326 e. The lowest BCUT2D eigenvalue weighted by atomic mass is 10.2. The first-order chi connectivity index (χ1) is 11.2. The van der Waals surface area contributed by atoms with Gasteiger partial charge in [-0.25, -0.2) is 12.8 Å². The molecular weight excluding hydrogens is 355 g/mol. The summed E-state index contributed by atoms with van der Waals surface area (Å²) in [7, 11) is -3.95. The summed E-state index contributed by atoms with van der Waals surface area (Å²) >= 11 is 5.79. The highest BCUT2D eigenvalue weighted by atomic mass is 35.5. The summed E-state index contributed by atoms with van der Waals surface area (Å²) in [5, 5.41) is 2.49. The topological polar surface area (TPSA) is 75.3 Å². The number of halogens is 2. The Morgan fingerprint density at radius 2 is 1.67 bits per heavy atom. The average molecular weight is 371 g/mol. The summed E-state index contributed by atoms with van der Waals surface area (Å²) in [4.78, 5) is 11.4. The molecule has 1 amide bonds. The van der Waals surface area contributed by atoms with Crippen molar-refractivity contribution >= 4 is 38.9 Å². The summed E-state index contributed by atoms with van der Waals surface area (Å²) in [5.74, 6) is -0.922. The molecule has 0 aliphatic heterocycles. The highest BCUT2D eigenvalue weighted by molar-refractivity contribution is 7.92. The first-order valence-electron chi connectivity index (χ1n) is 7.08. The lowest BCUT2D eigenvalue weighted by molar-refractivity contribution is -0.118. The van der Waals surface area contributed by atoms with Crippen LogP contribution in [-0.2, 0) is 14.8 Å². The summed E-state index contributed by atoms with van der Waals surface area (Å²) in [6.45, 7) is 3.54. The third kappa shape index (κ3) is 4.46. The van der Waals surface area contributed by atoms with Crippen LogP contribution in [0.25, 0.3) is 0 Å². The molecule has 2 N–H and O–H groups in total. The van der Waals surface area contributed by atoms with E-state index >= 15 is 0 Å². The minimum atomic E-state index is -3.95.